The van der Waals surface area contributed by atoms with Crippen molar-refractivity contribution in [1.82, 2.24) is 19.9 Å². The molecule has 0 bridgehead atoms. The van der Waals surface area contributed by atoms with Crippen LogP contribution < -0.4 is 4.90 Å². The molecule has 1 aliphatic rings. The summed E-state index contributed by atoms with van der Waals surface area (Å²) in [4.78, 5) is 13.3. The van der Waals surface area contributed by atoms with Gasteiger partial charge in [0.2, 0.25) is 17.6 Å². The Morgan fingerprint density at radius 1 is 1.09 bits per heavy atom. The maximum absolute atomic E-state index is 13.3. The highest BCUT2D eigenvalue weighted by Gasteiger charge is 2.43. The lowest BCUT2D eigenvalue weighted by Gasteiger charge is -2.37. The highest BCUT2D eigenvalue weighted by molar-refractivity contribution is 6.31. The Morgan fingerprint density at radius 2 is 1.73 bits per heavy atom. The monoisotopic (exact) mass is 495 g/mol. The van der Waals surface area contributed by atoms with E-state index in [9.17, 15) is 36.6 Å². The van der Waals surface area contributed by atoms with Gasteiger partial charge in [0.25, 0.3) is 0 Å². The minimum absolute atomic E-state index is 0.0477. The molecule has 0 saturated heterocycles. The van der Waals surface area contributed by atoms with Gasteiger partial charge in [0, 0.05) is 34.6 Å². The number of nitrogens with zero attached hydrogens (tertiary/aromatic N) is 4. The van der Waals surface area contributed by atoms with Gasteiger partial charge in [0.15, 0.2) is 0 Å². The van der Waals surface area contributed by atoms with Crippen LogP contribution in [0.3, 0.4) is 0 Å². The van der Waals surface area contributed by atoms with Crippen LogP contribution in [0.1, 0.15) is 35.4 Å². The van der Waals surface area contributed by atoms with E-state index in [1.807, 2.05) is 0 Å². The number of hydrogen-bond acceptors (Lipinski definition) is 6. The molecule has 7 nitrogen and oxygen atoms in total. The standard InChI is InChI=1S/C19H16ClF6N5O2/c20-8-1-2-12-11(5-8)10-3-4-31(13(14(10)27-12)6-9(33)7-32)17-29-15(18(21,22)23)28-16(30-17)19(24,25)26/h1-2,5,9,13,27,32-33H,3-4,6-7H2/t9-,13-/m0/s1. The zero-order valence-corrected chi connectivity index (χ0v) is 17.3. The fourth-order valence-electron chi connectivity index (χ4n) is 3.90. The van der Waals surface area contributed by atoms with E-state index in [2.05, 4.69) is 19.9 Å². The van der Waals surface area contributed by atoms with Crippen LogP contribution in [-0.2, 0) is 18.8 Å². The quantitative estimate of drug-likeness (QED) is 0.475. The number of anilines is 1. The molecule has 0 amide bonds. The number of alkyl halides is 6. The number of halogens is 7. The smallest absolute Gasteiger partial charge is 0.394 e. The predicted molar refractivity (Wildman–Crippen MR) is 105 cm³/mol. The van der Waals surface area contributed by atoms with Gasteiger partial charge in [-0.1, -0.05) is 11.6 Å². The lowest BCUT2D eigenvalue weighted by Crippen LogP contribution is -2.40. The number of hydrogen-bond donors (Lipinski definition) is 3. The summed E-state index contributed by atoms with van der Waals surface area (Å²) < 4.78 is 79.5. The summed E-state index contributed by atoms with van der Waals surface area (Å²) >= 11 is 6.07. The molecule has 2 aromatic heterocycles. The largest absolute Gasteiger partial charge is 0.451 e. The van der Waals surface area contributed by atoms with Crippen molar-refractivity contribution in [2.45, 2.75) is 37.3 Å². The molecule has 0 spiro atoms. The van der Waals surface area contributed by atoms with Gasteiger partial charge in [0.05, 0.1) is 18.8 Å². The van der Waals surface area contributed by atoms with Crippen LogP contribution >= 0.6 is 11.6 Å². The molecule has 3 heterocycles. The SMILES string of the molecule is OC[C@@H](O)C[C@H]1c2[nH]c3ccc(Cl)cc3c2CCN1c1nc(C(F)(F)F)nc(C(F)(F)F)n1. The zero-order valence-electron chi connectivity index (χ0n) is 16.5. The van der Waals surface area contributed by atoms with E-state index in [4.69, 9.17) is 11.6 Å². The molecule has 0 unspecified atom stereocenters. The van der Waals surface area contributed by atoms with E-state index in [1.54, 1.807) is 18.2 Å². The van der Waals surface area contributed by atoms with Crippen molar-refractivity contribution in [3.05, 3.63) is 46.1 Å². The molecule has 14 heteroatoms. The summed E-state index contributed by atoms with van der Waals surface area (Å²) in [6, 6.07) is 4.05. The maximum atomic E-state index is 13.3. The Kier molecular flexibility index (Phi) is 5.91. The summed E-state index contributed by atoms with van der Waals surface area (Å²) in [7, 11) is 0. The van der Waals surface area contributed by atoms with Crippen LogP contribution in [-0.4, -0.2) is 49.4 Å². The zero-order chi connectivity index (χ0) is 24.1. The first-order chi connectivity index (χ1) is 15.4. The van der Waals surface area contributed by atoms with Crippen molar-refractivity contribution in [2.75, 3.05) is 18.1 Å². The van der Waals surface area contributed by atoms with Crippen LogP contribution in [0.25, 0.3) is 10.9 Å². The molecular formula is C19H16ClF6N5O2. The van der Waals surface area contributed by atoms with Crippen molar-refractivity contribution < 1.29 is 36.6 Å². The van der Waals surface area contributed by atoms with E-state index in [0.717, 1.165) is 15.8 Å². The first-order valence-corrected chi connectivity index (χ1v) is 10.0. The molecule has 3 N–H and O–H groups in total. The van der Waals surface area contributed by atoms with Crippen LogP contribution in [0.15, 0.2) is 18.2 Å². The molecule has 33 heavy (non-hydrogen) atoms. The van der Waals surface area contributed by atoms with Crippen LogP contribution in [0, 0.1) is 0 Å². The number of fused-ring (bicyclic) bond motifs is 3. The molecule has 1 aliphatic heterocycles. The third-order valence-corrected chi connectivity index (χ3v) is 5.54. The average molecular weight is 496 g/mol. The molecule has 0 aliphatic carbocycles. The summed E-state index contributed by atoms with van der Waals surface area (Å²) in [5, 5.41) is 20.6. The molecule has 3 aromatic rings. The number of aromatic amines is 1. The van der Waals surface area contributed by atoms with E-state index in [1.165, 1.54) is 0 Å². The van der Waals surface area contributed by atoms with Crippen molar-refractivity contribution in [2.24, 2.45) is 0 Å². The highest BCUT2D eigenvalue weighted by Crippen LogP contribution is 2.40. The van der Waals surface area contributed by atoms with Gasteiger partial charge < -0.3 is 20.1 Å². The molecule has 1 aromatic carbocycles. The first kappa shape index (κ1) is 23.5. The average Bonchev–Trinajstić information content (AvgIpc) is 3.10. The number of nitrogens with one attached hydrogen (secondary N) is 1. The van der Waals surface area contributed by atoms with Gasteiger partial charge in [0.1, 0.15) is 0 Å². The van der Waals surface area contributed by atoms with E-state index >= 15 is 0 Å². The maximum Gasteiger partial charge on any atom is 0.451 e. The number of aliphatic hydroxyl groups excluding tert-OH is 2. The van der Waals surface area contributed by atoms with Gasteiger partial charge in [-0.3, -0.25) is 0 Å². The molecule has 2 atom stereocenters. The second-order valence-electron chi connectivity index (χ2n) is 7.52. The van der Waals surface area contributed by atoms with Gasteiger partial charge in [-0.15, -0.1) is 0 Å². The Balaban J connectivity index is 1.87. The number of aromatic nitrogens is 4. The summed E-state index contributed by atoms with van der Waals surface area (Å²) in [6.07, 6.45) is -11.8. The van der Waals surface area contributed by atoms with Crippen LogP contribution in [0.2, 0.25) is 5.02 Å². The minimum Gasteiger partial charge on any atom is -0.394 e. The molecule has 0 saturated carbocycles. The van der Waals surface area contributed by atoms with E-state index < -0.39 is 48.7 Å². The van der Waals surface area contributed by atoms with Crippen molar-refractivity contribution in [3.63, 3.8) is 0 Å². The molecular weight excluding hydrogens is 480 g/mol. The van der Waals surface area contributed by atoms with Gasteiger partial charge in [-0.25, -0.2) is 4.98 Å². The Labute approximate surface area is 187 Å². The summed E-state index contributed by atoms with van der Waals surface area (Å²) in [6.45, 7) is -0.710. The van der Waals surface area contributed by atoms with Gasteiger partial charge in [-0.05, 0) is 30.2 Å². The first-order valence-electron chi connectivity index (χ1n) is 9.64. The molecule has 178 valence electrons. The fraction of sp³-hybridized carbons (Fsp3) is 0.421. The molecule has 0 fully saturated rings. The number of rotatable bonds is 4. The lowest BCUT2D eigenvalue weighted by molar-refractivity contribution is -0.155. The van der Waals surface area contributed by atoms with Crippen LogP contribution in [0.4, 0.5) is 32.3 Å². The van der Waals surface area contributed by atoms with Crippen molar-refractivity contribution in [1.29, 1.82) is 0 Å². The highest BCUT2D eigenvalue weighted by atomic mass is 35.5. The van der Waals surface area contributed by atoms with E-state index in [-0.39, 0.29) is 19.4 Å². The normalized spacial score (nSPS) is 18.0. The second kappa shape index (κ2) is 8.29. The Hall–Kier alpha value is -2.64. The van der Waals surface area contributed by atoms with Crippen molar-refractivity contribution in [3.8, 4) is 0 Å². The summed E-state index contributed by atoms with van der Waals surface area (Å²) in [5.41, 5.74) is 1.85. The van der Waals surface area contributed by atoms with E-state index in [0.29, 0.717) is 16.2 Å². The van der Waals surface area contributed by atoms with Gasteiger partial charge >= 0.3 is 12.4 Å². The topological polar surface area (TPSA) is 98.2 Å². The molecule has 0 radical (unpaired) electrons. The third kappa shape index (κ3) is 4.57. The number of H-pyrrole nitrogens is 1. The Bertz CT molecular complexity index is 1150. The Morgan fingerprint density at radius 3 is 2.30 bits per heavy atom. The predicted octanol–water partition coefficient (Wildman–Crippen LogP) is 3.89. The van der Waals surface area contributed by atoms with Gasteiger partial charge in [-0.2, -0.15) is 36.3 Å². The number of aliphatic hydroxyl groups is 2. The lowest BCUT2D eigenvalue weighted by atomic mass is 9.94. The third-order valence-electron chi connectivity index (χ3n) is 5.31. The fourth-order valence-corrected chi connectivity index (χ4v) is 4.07. The van der Waals surface area contributed by atoms with Crippen molar-refractivity contribution >= 4 is 28.5 Å². The molecule has 4 rings (SSSR count). The van der Waals surface area contributed by atoms with Crippen LogP contribution in [0.5, 0.6) is 0 Å². The second-order valence-corrected chi connectivity index (χ2v) is 7.95. The number of benzene rings is 1. The minimum atomic E-state index is -5.24. The summed E-state index contributed by atoms with van der Waals surface area (Å²) in [5.74, 6) is -4.78.